The van der Waals surface area contributed by atoms with Gasteiger partial charge in [0.1, 0.15) is 11.5 Å². The molecule has 0 aromatic heterocycles. The topological polar surface area (TPSA) is 65.5 Å². The Kier molecular flexibility index (Phi) is 11.9. The van der Waals surface area contributed by atoms with Crippen LogP contribution in [0.1, 0.15) is 57.1 Å². The molecular formula is C34H51N3O4. The number of nitrogens with zero attached hydrogens (tertiary/aromatic N) is 3. The Morgan fingerprint density at radius 2 is 1.41 bits per heavy atom. The van der Waals surface area contributed by atoms with Crippen molar-refractivity contribution < 1.29 is 19.4 Å². The van der Waals surface area contributed by atoms with Gasteiger partial charge >= 0.3 is 0 Å². The van der Waals surface area contributed by atoms with Crippen molar-refractivity contribution in [1.29, 1.82) is 0 Å². The zero-order valence-electron chi connectivity index (χ0n) is 25.7. The molecule has 2 atom stereocenters. The third-order valence-corrected chi connectivity index (χ3v) is 8.79. The number of carbonyl (C=O) groups is 1. The lowest BCUT2D eigenvalue weighted by molar-refractivity contribution is -0.137. The molecule has 7 nitrogen and oxygen atoms in total. The van der Waals surface area contributed by atoms with Gasteiger partial charge in [-0.15, -0.1) is 0 Å². The van der Waals surface area contributed by atoms with Crippen LogP contribution in [0, 0.1) is 19.8 Å². The number of β-amino-alcohol motifs (C(OH)–C–C–N with tert-alkyl or cyclic N) is 1. The summed E-state index contributed by atoms with van der Waals surface area (Å²) in [5.41, 5.74) is 4.63. The molecule has 2 heterocycles. The molecule has 41 heavy (non-hydrogen) atoms. The van der Waals surface area contributed by atoms with E-state index in [2.05, 4.69) is 73.9 Å². The Bertz CT molecular complexity index is 1120. The van der Waals surface area contributed by atoms with E-state index in [0.29, 0.717) is 19.1 Å². The number of hydrogen-bond acceptors (Lipinski definition) is 6. The van der Waals surface area contributed by atoms with E-state index in [9.17, 15) is 9.90 Å². The van der Waals surface area contributed by atoms with Gasteiger partial charge in [0, 0.05) is 45.8 Å². The second-order valence-electron chi connectivity index (χ2n) is 11.7. The number of benzene rings is 2. The van der Waals surface area contributed by atoms with Crippen LogP contribution in [0.3, 0.4) is 0 Å². The molecule has 7 heteroatoms. The summed E-state index contributed by atoms with van der Waals surface area (Å²) in [7, 11) is 0. The third-order valence-electron chi connectivity index (χ3n) is 8.79. The summed E-state index contributed by atoms with van der Waals surface area (Å²) in [6.45, 7) is 16.9. The maximum absolute atomic E-state index is 12.8. The third kappa shape index (κ3) is 8.46. The Hall–Kier alpha value is -2.61. The van der Waals surface area contributed by atoms with Crippen molar-refractivity contribution in [2.45, 2.75) is 65.9 Å². The number of amides is 1. The van der Waals surface area contributed by atoms with Gasteiger partial charge in [0.15, 0.2) is 0 Å². The van der Waals surface area contributed by atoms with Crippen LogP contribution < -0.4 is 9.47 Å². The van der Waals surface area contributed by atoms with Crippen molar-refractivity contribution >= 4 is 5.91 Å². The van der Waals surface area contributed by atoms with E-state index < -0.39 is 0 Å². The average molecular weight is 566 g/mol. The van der Waals surface area contributed by atoms with Gasteiger partial charge in [-0.05, 0) is 101 Å². The van der Waals surface area contributed by atoms with Gasteiger partial charge in [-0.25, -0.2) is 0 Å². The van der Waals surface area contributed by atoms with Crippen LogP contribution in [-0.2, 0) is 4.79 Å². The highest BCUT2D eigenvalue weighted by atomic mass is 16.5. The molecule has 226 valence electrons. The van der Waals surface area contributed by atoms with E-state index in [1.165, 1.54) is 11.1 Å². The first-order valence-electron chi connectivity index (χ1n) is 15.8. The number of carbonyl (C=O) groups excluding carboxylic acids is 1. The summed E-state index contributed by atoms with van der Waals surface area (Å²) in [5, 5.41) is 9.73. The van der Waals surface area contributed by atoms with Crippen LogP contribution in [-0.4, -0.2) is 97.4 Å². The normalized spacial score (nSPS) is 19.8. The predicted molar refractivity (Wildman–Crippen MR) is 166 cm³/mol. The molecule has 0 bridgehead atoms. The molecule has 0 radical (unpaired) electrons. The van der Waals surface area contributed by atoms with Gasteiger partial charge in [0.05, 0.1) is 25.2 Å². The smallest absolute Gasteiger partial charge is 0.226 e. The lowest BCUT2D eigenvalue weighted by Gasteiger charge is -2.34. The Labute approximate surface area is 247 Å². The molecule has 2 aromatic carbocycles. The van der Waals surface area contributed by atoms with Crippen molar-refractivity contribution in [3.8, 4) is 22.6 Å². The van der Waals surface area contributed by atoms with Crippen LogP contribution in [0.15, 0.2) is 36.4 Å². The van der Waals surface area contributed by atoms with Crippen molar-refractivity contribution in [2.24, 2.45) is 5.92 Å². The second kappa shape index (κ2) is 15.6. The Balaban J connectivity index is 1.27. The molecule has 0 spiro atoms. The SMILES string of the molecule is CCN(CC)C(=O)C1CCCN(CCCOc2cccc(-c3cccc(OCCCN4CC[C@@H](O)C4)c3C)c2C)C1. The molecule has 1 N–H and O–H groups in total. The molecule has 2 saturated heterocycles. The van der Waals surface area contributed by atoms with Crippen molar-refractivity contribution in [1.82, 2.24) is 14.7 Å². The monoisotopic (exact) mass is 565 g/mol. The Morgan fingerprint density at radius 1 is 0.854 bits per heavy atom. The van der Waals surface area contributed by atoms with E-state index in [4.69, 9.17) is 9.47 Å². The molecule has 2 fully saturated rings. The number of piperidine rings is 1. The minimum atomic E-state index is -0.171. The van der Waals surface area contributed by atoms with E-state index in [0.717, 1.165) is 107 Å². The molecule has 2 aromatic rings. The summed E-state index contributed by atoms with van der Waals surface area (Å²) in [6.07, 6.45) is 4.68. The van der Waals surface area contributed by atoms with Gasteiger partial charge in [-0.2, -0.15) is 0 Å². The van der Waals surface area contributed by atoms with Crippen LogP contribution in [0.25, 0.3) is 11.1 Å². The molecular weight excluding hydrogens is 514 g/mol. The molecule has 0 aliphatic carbocycles. The molecule has 0 saturated carbocycles. The number of ether oxygens (including phenoxy) is 2. The highest BCUT2D eigenvalue weighted by Gasteiger charge is 2.28. The van der Waals surface area contributed by atoms with Gasteiger partial charge in [-0.1, -0.05) is 24.3 Å². The molecule has 1 amide bonds. The summed E-state index contributed by atoms with van der Waals surface area (Å²) in [4.78, 5) is 19.6. The lowest BCUT2D eigenvalue weighted by atomic mass is 9.95. The summed E-state index contributed by atoms with van der Waals surface area (Å²) in [6, 6.07) is 12.6. The average Bonchev–Trinajstić information content (AvgIpc) is 3.40. The fraction of sp³-hybridized carbons (Fsp3) is 0.618. The van der Waals surface area contributed by atoms with E-state index in [1.807, 2.05) is 4.90 Å². The fourth-order valence-electron chi connectivity index (χ4n) is 6.33. The number of rotatable bonds is 14. The van der Waals surface area contributed by atoms with Crippen LogP contribution in [0.5, 0.6) is 11.5 Å². The molecule has 4 rings (SSSR count). The van der Waals surface area contributed by atoms with Crippen molar-refractivity contribution in [3.05, 3.63) is 47.5 Å². The largest absolute Gasteiger partial charge is 0.493 e. The zero-order valence-corrected chi connectivity index (χ0v) is 25.7. The first-order valence-corrected chi connectivity index (χ1v) is 15.8. The number of aliphatic hydroxyl groups excluding tert-OH is 1. The standard InChI is InChI=1S/C34H51N3O4/c1-5-37(6-2)34(39)28-12-9-18-35(24-28)19-10-22-40-32-15-7-13-30(26(32)3)31-14-8-16-33(27(31)4)41-23-11-20-36-21-17-29(38)25-36/h7-8,13-16,28-29,38H,5-6,9-12,17-25H2,1-4H3/t28?,29-/m1/s1. The zero-order chi connectivity index (χ0) is 29.2. The second-order valence-corrected chi connectivity index (χ2v) is 11.7. The maximum atomic E-state index is 12.8. The lowest BCUT2D eigenvalue weighted by Crippen LogP contribution is -2.45. The van der Waals surface area contributed by atoms with Gasteiger partial charge in [0.2, 0.25) is 5.91 Å². The van der Waals surface area contributed by atoms with E-state index >= 15 is 0 Å². The van der Waals surface area contributed by atoms with Crippen molar-refractivity contribution in [3.63, 3.8) is 0 Å². The van der Waals surface area contributed by atoms with Crippen molar-refractivity contribution in [2.75, 3.05) is 65.6 Å². The number of hydrogen-bond donors (Lipinski definition) is 1. The van der Waals surface area contributed by atoms with E-state index in [-0.39, 0.29) is 12.0 Å². The predicted octanol–water partition coefficient (Wildman–Crippen LogP) is 5.16. The highest BCUT2D eigenvalue weighted by Crippen LogP contribution is 2.35. The molecule has 2 aliphatic heterocycles. The Morgan fingerprint density at radius 3 is 1.93 bits per heavy atom. The summed E-state index contributed by atoms with van der Waals surface area (Å²) in [5.74, 6) is 2.30. The van der Waals surface area contributed by atoms with Gasteiger partial charge in [-0.3, -0.25) is 4.79 Å². The quantitative estimate of drug-likeness (QED) is 0.320. The summed E-state index contributed by atoms with van der Waals surface area (Å²) >= 11 is 0. The van der Waals surface area contributed by atoms with E-state index in [1.54, 1.807) is 0 Å². The number of aliphatic hydroxyl groups is 1. The molecule has 1 unspecified atom stereocenters. The first kappa shape index (κ1) is 31.3. The maximum Gasteiger partial charge on any atom is 0.226 e. The minimum Gasteiger partial charge on any atom is -0.493 e. The fourth-order valence-corrected chi connectivity index (χ4v) is 6.33. The van der Waals surface area contributed by atoms with Crippen LogP contribution in [0.2, 0.25) is 0 Å². The van der Waals surface area contributed by atoms with Crippen LogP contribution >= 0.6 is 0 Å². The van der Waals surface area contributed by atoms with Gasteiger partial charge in [0.25, 0.3) is 0 Å². The van der Waals surface area contributed by atoms with Crippen LogP contribution in [0.4, 0.5) is 0 Å². The first-order chi connectivity index (χ1) is 19.9. The van der Waals surface area contributed by atoms with Gasteiger partial charge < -0.3 is 29.3 Å². The molecule has 2 aliphatic rings. The number of likely N-dealkylation sites (tertiary alicyclic amines) is 2. The minimum absolute atomic E-state index is 0.130. The highest BCUT2D eigenvalue weighted by molar-refractivity contribution is 5.79. The summed E-state index contributed by atoms with van der Waals surface area (Å²) < 4.78 is 12.5.